The Labute approximate surface area is 128 Å². The summed E-state index contributed by atoms with van der Waals surface area (Å²) in [6.45, 7) is 0.614. The van der Waals surface area contributed by atoms with Crippen molar-refractivity contribution in [3.05, 3.63) is 35.2 Å². The molecule has 2 amide bonds. The van der Waals surface area contributed by atoms with Crippen molar-refractivity contribution in [1.29, 1.82) is 0 Å². The molecule has 1 aliphatic rings. The van der Waals surface area contributed by atoms with Gasteiger partial charge in [0.2, 0.25) is 5.91 Å². The lowest BCUT2D eigenvalue weighted by Gasteiger charge is -2.35. The number of hydrogen-bond donors (Lipinski definition) is 0. The Morgan fingerprint density at radius 3 is 2.90 bits per heavy atom. The van der Waals surface area contributed by atoms with Crippen molar-refractivity contribution in [2.24, 2.45) is 0 Å². The van der Waals surface area contributed by atoms with E-state index in [1.165, 1.54) is 0 Å². The Kier molecular flexibility index (Phi) is 3.68. The number of carbonyl (C=O) groups is 2. The van der Waals surface area contributed by atoms with Crippen LogP contribution in [0.15, 0.2) is 29.6 Å². The van der Waals surface area contributed by atoms with Gasteiger partial charge in [0.15, 0.2) is 0 Å². The first kappa shape index (κ1) is 14.1. The van der Waals surface area contributed by atoms with E-state index in [2.05, 4.69) is 0 Å². The minimum Gasteiger partial charge on any atom is -0.344 e. The molecule has 1 aromatic heterocycles. The van der Waals surface area contributed by atoms with Crippen LogP contribution in [0.4, 0.5) is 0 Å². The van der Waals surface area contributed by atoms with E-state index >= 15 is 0 Å². The molecule has 0 unspecified atom stereocenters. The van der Waals surface area contributed by atoms with Gasteiger partial charge in [0.1, 0.15) is 0 Å². The normalized spacial score (nSPS) is 19.0. The fraction of sp³-hybridized carbons (Fsp3) is 0.375. The zero-order valence-corrected chi connectivity index (χ0v) is 13.0. The molecule has 1 aliphatic heterocycles. The second kappa shape index (κ2) is 5.48. The van der Waals surface area contributed by atoms with Crippen molar-refractivity contribution in [1.82, 2.24) is 9.80 Å². The molecule has 0 spiro atoms. The predicted molar refractivity (Wildman–Crippen MR) is 84.6 cm³/mol. The molecule has 0 radical (unpaired) electrons. The topological polar surface area (TPSA) is 40.6 Å². The molecule has 3 rings (SSSR count). The average molecular weight is 302 g/mol. The zero-order valence-electron chi connectivity index (χ0n) is 12.2. The van der Waals surface area contributed by atoms with Crippen LogP contribution in [0, 0.1) is 0 Å². The molecular weight excluding hydrogens is 284 g/mol. The van der Waals surface area contributed by atoms with Gasteiger partial charge in [-0.15, -0.1) is 11.3 Å². The summed E-state index contributed by atoms with van der Waals surface area (Å²) >= 11 is 1.60. The second-order valence-corrected chi connectivity index (χ2v) is 6.44. The summed E-state index contributed by atoms with van der Waals surface area (Å²) < 4.78 is 1.13. The van der Waals surface area contributed by atoms with Gasteiger partial charge >= 0.3 is 0 Å². The van der Waals surface area contributed by atoms with E-state index < -0.39 is 0 Å². The maximum Gasteiger partial charge on any atom is 0.255 e. The van der Waals surface area contributed by atoms with Crippen LogP contribution in [-0.4, -0.2) is 48.3 Å². The van der Waals surface area contributed by atoms with Crippen LogP contribution in [0.2, 0.25) is 0 Å². The second-order valence-electron chi connectivity index (χ2n) is 5.53. The number of benzene rings is 1. The highest BCUT2D eigenvalue weighted by molar-refractivity contribution is 7.17. The van der Waals surface area contributed by atoms with Crippen molar-refractivity contribution in [2.45, 2.75) is 18.9 Å². The largest absolute Gasteiger partial charge is 0.344 e. The summed E-state index contributed by atoms with van der Waals surface area (Å²) in [6.07, 6.45) is 1.26. The van der Waals surface area contributed by atoms with Gasteiger partial charge in [0, 0.05) is 48.6 Å². The highest BCUT2D eigenvalue weighted by Gasteiger charge is 2.29. The van der Waals surface area contributed by atoms with E-state index in [-0.39, 0.29) is 17.9 Å². The molecule has 21 heavy (non-hydrogen) atoms. The molecule has 2 heterocycles. The quantitative estimate of drug-likeness (QED) is 0.855. The Hall–Kier alpha value is -1.88. The van der Waals surface area contributed by atoms with E-state index in [1.807, 2.05) is 36.7 Å². The molecular formula is C16H18N2O2S. The van der Waals surface area contributed by atoms with Crippen molar-refractivity contribution in [3.63, 3.8) is 0 Å². The Balaban J connectivity index is 1.83. The number of thiophene rings is 1. The van der Waals surface area contributed by atoms with Crippen LogP contribution in [0.1, 0.15) is 23.2 Å². The first-order valence-electron chi connectivity index (χ1n) is 7.05. The van der Waals surface area contributed by atoms with Gasteiger partial charge in [0.25, 0.3) is 5.91 Å². The molecule has 0 saturated carbocycles. The van der Waals surface area contributed by atoms with Crippen LogP contribution < -0.4 is 0 Å². The maximum absolute atomic E-state index is 12.7. The Bertz CT molecular complexity index is 694. The average Bonchev–Trinajstić information content (AvgIpc) is 2.92. The number of carbonyl (C=O) groups excluding carboxylic acids is 2. The van der Waals surface area contributed by atoms with Gasteiger partial charge in [-0.05, 0) is 12.5 Å². The summed E-state index contributed by atoms with van der Waals surface area (Å²) in [5.74, 6) is 0.202. The minimum atomic E-state index is 0.0419. The number of rotatable bonds is 2. The number of piperidine rings is 1. The summed E-state index contributed by atoms with van der Waals surface area (Å²) in [4.78, 5) is 27.8. The van der Waals surface area contributed by atoms with Crippen molar-refractivity contribution in [2.75, 3.05) is 20.6 Å². The third-order valence-corrected chi connectivity index (χ3v) is 5.14. The van der Waals surface area contributed by atoms with Crippen LogP contribution in [0.5, 0.6) is 0 Å². The summed E-state index contributed by atoms with van der Waals surface area (Å²) in [7, 11) is 3.63. The van der Waals surface area contributed by atoms with E-state index in [4.69, 9.17) is 0 Å². The number of likely N-dealkylation sites (tertiary alicyclic amines) is 1. The molecule has 2 aromatic rings. The van der Waals surface area contributed by atoms with Gasteiger partial charge in [-0.2, -0.15) is 0 Å². The molecule has 0 bridgehead atoms. The van der Waals surface area contributed by atoms with Gasteiger partial charge in [0.05, 0.1) is 5.56 Å². The number of nitrogens with zero attached hydrogens (tertiary/aromatic N) is 2. The highest BCUT2D eigenvalue weighted by atomic mass is 32.1. The predicted octanol–water partition coefficient (Wildman–Crippen LogP) is 2.59. The van der Waals surface area contributed by atoms with Crippen LogP contribution in [-0.2, 0) is 4.79 Å². The molecule has 1 atom stereocenters. The molecule has 110 valence electrons. The van der Waals surface area contributed by atoms with Gasteiger partial charge in [-0.25, -0.2) is 0 Å². The number of fused-ring (bicyclic) bond motifs is 1. The van der Waals surface area contributed by atoms with E-state index in [0.717, 1.165) is 22.1 Å². The van der Waals surface area contributed by atoms with E-state index in [9.17, 15) is 9.59 Å². The standard InChI is InChI=1S/C16H18N2O2S/c1-17-9-11(7-8-15(17)19)18(2)16(20)13-10-21-14-6-4-3-5-12(13)14/h3-6,10-11H,7-9H2,1-2H3/t11-/m0/s1. The molecule has 4 nitrogen and oxygen atoms in total. The molecule has 5 heteroatoms. The Morgan fingerprint density at radius 1 is 1.38 bits per heavy atom. The molecule has 1 aromatic carbocycles. The van der Waals surface area contributed by atoms with Crippen molar-refractivity contribution < 1.29 is 9.59 Å². The van der Waals surface area contributed by atoms with Gasteiger partial charge in [-0.1, -0.05) is 18.2 Å². The lowest BCUT2D eigenvalue weighted by molar-refractivity contribution is -0.133. The third kappa shape index (κ3) is 2.53. The highest BCUT2D eigenvalue weighted by Crippen LogP contribution is 2.27. The number of hydrogen-bond acceptors (Lipinski definition) is 3. The minimum absolute atomic E-state index is 0.0419. The maximum atomic E-state index is 12.7. The summed E-state index contributed by atoms with van der Waals surface area (Å²) in [5, 5.41) is 2.95. The molecule has 0 aliphatic carbocycles. The Morgan fingerprint density at radius 2 is 2.14 bits per heavy atom. The summed E-state index contributed by atoms with van der Waals surface area (Å²) in [5.41, 5.74) is 0.762. The van der Waals surface area contributed by atoms with Gasteiger partial charge < -0.3 is 9.80 Å². The summed E-state index contributed by atoms with van der Waals surface area (Å²) in [6, 6.07) is 8.06. The SMILES string of the molecule is CN1C[C@@H](N(C)C(=O)c2csc3ccccc23)CCC1=O. The van der Waals surface area contributed by atoms with Crippen molar-refractivity contribution >= 4 is 33.2 Å². The monoisotopic (exact) mass is 302 g/mol. The van der Waals surface area contributed by atoms with Crippen LogP contribution in [0.3, 0.4) is 0 Å². The first-order valence-corrected chi connectivity index (χ1v) is 7.93. The van der Waals surface area contributed by atoms with Crippen LogP contribution in [0.25, 0.3) is 10.1 Å². The van der Waals surface area contributed by atoms with Crippen molar-refractivity contribution in [3.8, 4) is 0 Å². The van der Waals surface area contributed by atoms with Gasteiger partial charge in [-0.3, -0.25) is 9.59 Å². The molecule has 1 fully saturated rings. The number of likely N-dealkylation sites (N-methyl/N-ethyl adjacent to an activating group) is 2. The van der Waals surface area contributed by atoms with Crippen LogP contribution >= 0.6 is 11.3 Å². The fourth-order valence-corrected chi connectivity index (χ4v) is 3.74. The third-order valence-electron chi connectivity index (χ3n) is 4.18. The zero-order chi connectivity index (χ0) is 15.0. The first-order chi connectivity index (χ1) is 10.1. The lowest BCUT2D eigenvalue weighted by Crippen LogP contribution is -2.49. The molecule has 0 N–H and O–H groups in total. The van der Waals surface area contributed by atoms with E-state index in [0.29, 0.717) is 13.0 Å². The fourth-order valence-electron chi connectivity index (χ4n) is 2.81. The smallest absolute Gasteiger partial charge is 0.255 e. The number of amides is 2. The lowest BCUT2D eigenvalue weighted by atomic mass is 10.0. The van der Waals surface area contributed by atoms with E-state index in [1.54, 1.807) is 28.2 Å². The molecule has 1 saturated heterocycles.